The topological polar surface area (TPSA) is 27.1 Å². The number of aryl methyl sites for hydroxylation is 1. The second-order valence-electron chi connectivity index (χ2n) is 3.42. The third-order valence-electron chi connectivity index (χ3n) is 2.54. The molecule has 0 bridgehead atoms. The van der Waals surface area contributed by atoms with Crippen molar-refractivity contribution in [3.63, 3.8) is 0 Å². The molecule has 4 heteroatoms. The lowest BCUT2D eigenvalue weighted by molar-refractivity contribution is 0.0838. The van der Waals surface area contributed by atoms with Crippen LogP contribution in [-0.4, -0.2) is 22.8 Å². The van der Waals surface area contributed by atoms with E-state index in [9.17, 15) is 0 Å². The lowest BCUT2D eigenvalue weighted by Crippen LogP contribution is -2.16. The number of rotatable bonds is 1. The van der Waals surface area contributed by atoms with Gasteiger partial charge in [0, 0.05) is 26.2 Å². The van der Waals surface area contributed by atoms with Crippen molar-refractivity contribution in [2.24, 2.45) is 7.05 Å². The van der Waals surface area contributed by atoms with Crippen LogP contribution in [0, 0.1) is 0 Å². The summed E-state index contributed by atoms with van der Waals surface area (Å²) in [6.45, 7) is 1.75. The minimum atomic E-state index is 0.607. The lowest BCUT2D eigenvalue weighted by atomic mass is 9.97. The van der Waals surface area contributed by atoms with Crippen LogP contribution >= 0.6 is 15.9 Å². The number of hydrogen-bond donors (Lipinski definition) is 0. The van der Waals surface area contributed by atoms with E-state index in [1.807, 2.05) is 13.4 Å². The molecule has 1 aromatic rings. The monoisotopic (exact) mass is 244 g/mol. The van der Waals surface area contributed by atoms with E-state index in [4.69, 9.17) is 4.74 Å². The molecular formula is C9H13BrN2O. The first-order valence-corrected chi connectivity index (χ1v) is 5.33. The zero-order valence-corrected chi connectivity index (χ0v) is 9.25. The molecule has 1 saturated heterocycles. The molecule has 2 rings (SSSR count). The fourth-order valence-electron chi connectivity index (χ4n) is 1.84. The number of nitrogens with zero attached hydrogens (tertiary/aromatic N) is 2. The summed E-state index contributed by atoms with van der Waals surface area (Å²) in [4.78, 5) is 4.23. The molecule has 1 fully saturated rings. The van der Waals surface area contributed by atoms with Crippen LogP contribution in [0.1, 0.15) is 24.5 Å². The number of ether oxygens (including phenoxy) is 1. The van der Waals surface area contributed by atoms with Gasteiger partial charge in [0.05, 0.1) is 12.0 Å². The molecule has 0 aromatic carbocycles. The number of hydrogen-bond acceptors (Lipinski definition) is 2. The van der Waals surface area contributed by atoms with Crippen molar-refractivity contribution >= 4 is 15.9 Å². The minimum Gasteiger partial charge on any atom is -0.381 e. The van der Waals surface area contributed by atoms with E-state index in [1.54, 1.807) is 0 Å². The van der Waals surface area contributed by atoms with Crippen molar-refractivity contribution in [1.29, 1.82) is 0 Å². The fourth-order valence-corrected chi connectivity index (χ4v) is 2.53. The molecule has 1 aliphatic rings. The second kappa shape index (κ2) is 3.80. The molecule has 0 radical (unpaired) electrons. The summed E-state index contributed by atoms with van der Waals surface area (Å²) < 4.78 is 8.42. The van der Waals surface area contributed by atoms with Crippen LogP contribution in [0.3, 0.4) is 0 Å². The largest absolute Gasteiger partial charge is 0.381 e. The van der Waals surface area contributed by atoms with Crippen LogP contribution in [0.15, 0.2) is 10.9 Å². The Kier molecular flexibility index (Phi) is 2.69. The number of aromatic nitrogens is 2. The van der Waals surface area contributed by atoms with E-state index in [1.165, 1.54) is 5.69 Å². The van der Waals surface area contributed by atoms with Gasteiger partial charge in [-0.2, -0.15) is 0 Å². The predicted molar refractivity (Wildman–Crippen MR) is 53.7 cm³/mol. The Morgan fingerprint density at radius 2 is 2.23 bits per heavy atom. The Hall–Kier alpha value is -0.350. The Bertz CT molecular complexity index is 272. The normalized spacial score (nSPS) is 19.2. The van der Waals surface area contributed by atoms with Crippen LogP contribution in [-0.2, 0) is 11.8 Å². The van der Waals surface area contributed by atoms with E-state index >= 15 is 0 Å². The van der Waals surface area contributed by atoms with Crippen molar-refractivity contribution in [1.82, 2.24) is 9.55 Å². The average Bonchev–Trinajstić information content (AvgIpc) is 2.48. The minimum absolute atomic E-state index is 0.607. The summed E-state index contributed by atoms with van der Waals surface area (Å²) in [6.07, 6.45) is 4.07. The Morgan fingerprint density at radius 3 is 2.77 bits per heavy atom. The fraction of sp³-hybridized carbons (Fsp3) is 0.667. The third kappa shape index (κ3) is 1.79. The molecule has 0 N–H and O–H groups in total. The maximum Gasteiger partial charge on any atom is 0.127 e. The number of halogens is 1. The quantitative estimate of drug-likeness (QED) is 0.757. The standard InChI is InChI=1S/C9H13BrN2O/c1-12-6-11-9(10)8(12)7-2-4-13-5-3-7/h6-7H,2-5H2,1H3. The van der Waals surface area contributed by atoms with Gasteiger partial charge in [0.1, 0.15) is 4.60 Å². The maximum atomic E-state index is 5.33. The molecule has 0 aliphatic carbocycles. The third-order valence-corrected chi connectivity index (χ3v) is 3.15. The average molecular weight is 245 g/mol. The van der Waals surface area contributed by atoms with E-state index in [-0.39, 0.29) is 0 Å². The van der Waals surface area contributed by atoms with Crippen LogP contribution in [0.5, 0.6) is 0 Å². The summed E-state index contributed by atoms with van der Waals surface area (Å²) in [5.41, 5.74) is 1.31. The molecule has 13 heavy (non-hydrogen) atoms. The van der Waals surface area contributed by atoms with Gasteiger partial charge in [-0.25, -0.2) is 4.98 Å². The summed E-state index contributed by atoms with van der Waals surface area (Å²) in [6, 6.07) is 0. The molecule has 72 valence electrons. The predicted octanol–water partition coefficient (Wildman–Crippen LogP) is 2.08. The first kappa shape index (κ1) is 9.21. The Balaban J connectivity index is 2.22. The zero-order valence-electron chi connectivity index (χ0n) is 7.66. The van der Waals surface area contributed by atoms with E-state index in [2.05, 4.69) is 25.5 Å². The summed E-state index contributed by atoms with van der Waals surface area (Å²) in [7, 11) is 2.04. The molecular weight excluding hydrogens is 232 g/mol. The molecule has 0 spiro atoms. The highest BCUT2D eigenvalue weighted by atomic mass is 79.9. The summed E-state index contributed by atoms with van der Waals surface area (Å²) in [5.74, 6) is 0.607. The lowest BCUT2D eigenvalue weighted by Gasteiger charge is -2.22. The van der Waals surface area contributed by atoms with Gasteiger partial charge >= 0.3 is 0 Å². The van der Waals surface area contributed by atoms with Gasteiger partial charge in [0.25, 0.3) is 0 Å². The molecule has 1 aromatic heterocycles. The van der Waals surface area contributed by atoms with Crippen molar-refractivity contribution in [2.45, 2.75) is 18.8 Å². The van der Waals surface area contributed by atoms with Gasteiger partial charge < -0.3 is 9.30 Å². The summed E-state index contributed by atoms with van der Waals surface area (Å²) >= 11 is 3.48. The first-order valence-electron chi connectivity index (χ1n) is 4.53. The second-order valence-corrected chi connectivity index (χ2v) is 4.17. The first-order chi connectivity index (χ1) is 6.29. The van der Waals surface area contributed by atoms with Crippen molar-refractivity contribution in [3.8, 4) is 0 Å². The molecule has 0 amide bonds. The highest BCUT2D eigenvalue weighted by Gasteiger charge is 2.21. The van der Waals surface area contributed by atoms with Gasteiger partial charge in [-0.15, -0.1) is 0 Å². The van der Waals surface area contributed by atoms with Crippen LogP contribution in [0.2, 0.25) is 0 Å². The van der Waals surface area contributed by atoms with Gasteiger partial charge in [0.2, 0.25) is 0 Å². The SMILES string of the molecule is Cn1cnc(Br)c1C1CCOCC1. The van der Waals surface area contributed by atoms with Crippen molar-refractivity contribution < 1.29 is 4.74 Å². The molecule has 1 aliphatic heterocycles. The van der Waals surface area contributed by atoms with Crippen molar-refractivity contribution in [2.75, 3.05) is 13.2 Å². The molecule has 3 nitrogen and oxygen atoms in total. The van der Waals surface area contributed by atoms with Gasteiger partial charge in [0.15, 0.2) is 0 Å². The zero-order chi connectivity index (χ0) is 9.26. The molecule has 2 heterocycles. The highest BCUT2D eigenvalue weighted by molar-refractivity contribution is 9.10. The van der Waals surface area contributed by atoms with Crippen LogP contribution in [0.25, 0.3) is 0 Å². The van der Waals surface area contributed by atoms with Gasteiger partial charge in [-0.05, 0) is 28.8 Å². The maximum absolute atomic E-state index is 5.33. The number of imidazole rings is 1. The Morgan fingerprint density at radius 1 is 1.54 bits per heavy atom. The smallest absolute Gasteiger partial charge is 0.127 e. The van der Waals surface area contributed by atoms with Gasteiger partial charge in [-0.3, -0.25) is 0 Å². The summed E-state index contributed by atoms with van der Waals surface area (Å²) in [5, 5.41) is 0. The van der Waals surface area contributed by atoms with Gasteiger partial charge in [-0.1, -0.05) is 0 Å². The molecule has 0 saturated carbocycles. The molecule has 0 atom stereocenters. The highest BCUT2D eigenvalue weighted by Crippen LogP contribution is 2.30. The Labute approximate surface area is 86.2 Å². The van der Waals surface area contributed by atoms with Crippen molar-refractivity contribution in [3.05, 3.63) is 16.6 Å². The molecule has 0 unspecified atom stereocenters. The van der Waals surface area contributed by atoms with E-state index in [0.717, 1.165) is 30.7 Å². The van der Waals surface area contributed by atoms with E-state index in [0.29, 0.717) is 5.92 Å². The van der Waals surface area contributed by atoms with Crippen LogP contribution in [0.4, 0.5) is 0 Å². The van der Waals surface area contributed by atoms with E-state index < -0.39 is 0 Å². The van der Waals surface area contributed by atoms with Crippen LogP contribution < -0.4 is 0 Å².